The zero-order chi connectivity index (χ0) is 32.6. The van der Waals surface area contributed by atoms with Crippen molar-refractivity contribution in [3.63, 3.8) is 0 Å². The Bertz CT molecular complexity index is 1700. The van der Waals surface area contributed by atoms with Crippen LogP contribution < -0.4 is 0 Å². The van der Waals surface area contributed by atoms with E-state index in [9.17, 15) is 9.59 Å². The maximum absolute atomic E-state index is 13.2. The van der Waals surface area contributed by atoms with Crippen LogP contribution in [0.15, 0.2) is 18.2 Å². The third kappa shape index (κ3) is 6.42. The molecule has 10 nitrogen and oxygen atoms in total. The fourth-order valence-corrected chi connectivity index (χ4v) is 6.63. The number of halogens is 1. The maximum Gasteiger partial charge on any atom is 0.354 e. The largest absolute Gasteiger partial charge is 0.464 e. The molecule has 1 aromatic carbocycles. The highest BCUT2D eigenvalue weighted by molar-refractivity contribution is 6.74. The number of ether oxygens (including phenoxy) is 2. The highest BCUT2D eigenvalue weighted by Gasteiger charge is 2.37. The average Bonchev–Trinajstić information content (AvgIpc) is 3.55. The number of benzene rings is 1. The Morgan fingerprint density at radius 1 is 1.07 bits per heavy atom. The number of hydrogen-bond acceptors (Lipinski definition) is 7. The van der Waals surface area contributed by atoms with Crippen molar-refractivity contribution in [2.24, 2.45) is 14.1 Å². The summed E-state index contributed by atoms with van der Waals surface area (Å²) in [5, 5.41) is 10.6. The van der Waals surface area contributed by atoms with E-state index in [2.05, 4.69) is 39.0 Å². The molecule has 238 valence electrons. The van der Waals surface area contributed by atoms with Gasteiger partial charge >= 0.3 is 5.97 Å². The van der Waals surface area contributed by atoms with Gasteiger partial charge < -0.3 is 18.5 Å². The molecule has 0 fully saturated rings. The molecule has 12 heteroatoms. The Morgan fingerprint density at radius 3 is 2.39 bits per heavy atom. The van der Waals surface area contributed by atoms with Crippen LogP contribution in [0.5, 0.6) is 0 Å². The van der Waals surface area contributed by atoms with Gasteiger partial charge in [0.2, 0.25) is 0 Å². The molecule has 0 amide bonds. The van der Waals surface area contributed by atoms with E-state index in [1.165, 1.54) is 11.8 Å². The Kier molecular flexibility index (Phi) is 9.94. The van der Waals surface area contributed by atoms with E-state index in [1.807, 2.05) is 37.6 Å². The minimum absolute atomic E-state index is 0.117. The van der Waals surface area contributed by atoms with Gasteiger partial charge in [-0.1, -0.05) is 32.4 Å². The van der Waals surface area contributed by atoms with Crippen LogP contribution in [-0.4, -0.2) is 58.4 Å². The fraction of sp³-hybridized carbons (Fsp3) is 0.500. The van der Waals surface area contributed by atoms with Crippen molar-refractivity contribution in [3.05, 3.63) is 57.3 Å². The predicted octanol–water partition coefficient (Wildman–Crippen LogP) is 6.77. The van der Waals surface area contributed by atoms with Crippen LogP contribution in [0.2, 0.25) is 23.2 Å². The Morgan fingerprint density at radius 2 is 1.77 bits per heavy atom. The Balaban J connectivity index is 1.73. The second kappa shape index (κ2) is 13.0. The zero-order valence-electron chi connectivity index (χ0n) is 27.5. The molecule has 0 radical (unpaired) electrons. The lowest BCUT2D eigenvalue weighted by Crippen LogP contribution is -2.41. The van der Waals surface area contributed by atoms with Gasteiger partial charge in [-0.2, -0.15) is 10.2 Å². The van der Waals surface area contributed by atoms with E-state index < -0.39 is 14.3 Å². The number of methoxy groups -OCH3 is 1. The van der Waals surface area contributed by atoms with Gasteiger partial charge in [0, 0.05) is 60.0 Å². The number of aldehydes is 1. The number of aryl methyl sites for hydroxylation is 4. The summed E-state index contributed by atoms with van der Waals surface area (Å²) in [4.78, 5) is 24.4. The van der Waals surface area contributed by atoms with Crippen LogP contribution in [0.3, 0.4) is 0 Å². The van der Waals surface area contributed by atoms with Gasteiger partial charge in [-0.25, -0.2) is 4.79 Å². The van der Waals surface area contributed by atoms with Gasteiger partial charge in [0.05, 0.1) is 31.7 Å². The second-order valence-corrected chi connectivity index (χ2v) is 17.9. The Hall–Kier alpha value is -3.25. The molecule has 0 spiro atoms. The number of nitrogens with zero attached hydrogens (tertiary/aromatic N) is 5. The van der Waals surface area contributed by atoms with Crippen LogP contribution in [-0.2, 0) is 47.8 Å². The summed E-state index contributed by atoms with van der Waals surface area (Å²) >= 11 is 6.96. The van der Waals surface area contributed by atoms with Crippen molar-refractivity contribution in [2.75, 3.05) is 13.7 Å². The average molecular weight is 642 g/mol. The highest BCUT2D eigenvalue weighted by Crippen LogP contribution is 2.43. The predicted molar refractivity (Wildman–Crippen MR) is 175 cm³/mol. The number of fused-ring (bicyclic) bond motifs is 1. The number of aromatic nitrogens is 5. The second-order valence-electron chi connectivity index (χ2n) is 12.7. The first-order valence-electron chi connectivity index (χ1n) is 14.7. The third-order valence-electron chi connectivity index (χ3n) is 8.83. The van der Waals surface area contributed by atoms with Crippen LogP contribution in [0.1, 0.15) is 70.8 Å². The van der Waals surface area contributed by atoms with Gasteiger partial charge in [0.15, 0.2) is 14.6 Å². The first kappa shape index (κ1) is 33.6. The summed E-state index contributed by atoms with van der Waals surface area (Å²) in [7, 11) is 3.10. The van der Waals surface area contributed by atoms with Crippen molar-refractivity contribution >= 4 is 43.1 Å². The van der Waals surface area contributed by atoms with E-state index in [4.69, 9.17) is 30.6 Å². The molecule has 4 rings (SSSR count). The van der Waals surface area contributed by atoms with Crippen LogP contribution in [0.4, 0.5) is 0 Å². The lowest BCUT2D eigenvalue weighted by molar-refractivity contribution is 0.0587. The van der Waals surface area contributed by atoms with Gasteiger partial charge in [-0.05, 0) is 62.2 Å². The number of carbonyl (C=O) groups excluding carboxylic acids is 2. The summed E-state index contributed by atoms with van der Waals surface area (Å²) in [5.74, 6) is -0.400. The lowest BCUT2D eigenvalue weighted by atomic mass is 9.97. The molecule has 44 heavy (non-hydrogen) atoms. The molecule has 0 aliphatic rings. The smallest absolute Gasteiger partial charge is 0.354 e. The lowest BCUT2D eigenvalue weighted by Gasteiger charge is -2.36. The fourth-order valence-electron chi connectivity index (χ4n) is 5.29. The Labute approximate surface area is 265 Å². The SMILES string of the molecule is COC(=O)c1c(C)c2c(-c3c(COCc4cc(C=O)n(C)n4)nn(C)c3C)c(Cl)ccc2n1CCCO[Si](C)(C)C(C)(C)C. The molecular formula is C32H44ClN5O5Si. The first-order valence-corrected chi connectivity index (χ1v) is 18.0. The highest BCUT2D eigenvalue weighted by atomic mass is 35.5. The molecule has 3 heterocycles. The van der Waals surface area contributed by atoms with E-state index in [1.54, 1.807) is 17.8 Å². The molecular weight excluding hydrogens is 598 g/mol. The molecule has 4 aromatic rings. The van der Waals surface area contributed by atoms with Gasteiger partial charge in [0.1, 0.15) is 11.4 Å². The molecule has 3 aromatic heterocycles. The van der Waals surface area contributed by atoms with E-state index in [-0.39, 0.29) is 18.3 Å². The quantitative estimate of drug-likeness (QED) is 0.0728. The zero-order valence-corrected chi connectivity index (χ0v) is 29.3. The van der Waals surface area contributed by atoms with E-state index >= 15 is 0 Å². The summed E-state index contributed by atoms with van der Waals surface area (Å²) in [5.41, 5.74) is 6.58. The van der Waals surface area contributed by atoms with Crippen LogP contribution in [0, 0.1) is 13.8 Å². The van der Waals surface area contributed by atoms with Crippen LogP contribution >= 0.6 is 11.6 Å². The molecule has 0 saturated carbocycles. The number of rotatable bonds is 12. The van der Waals surface area contributed by atoms with Crippen molar-refractivity contribution in [1.82, 2.24) is 24.1 Å². The minimum atomic E-state index is -1.90. The van der Waals surface area contributed by atoms with Gasteiger partial charge in [-0.15, -0.1) is 0 Å². The van der Waals surface area contributed by atoms with Crippen molar-refractivity contribution in [3.8, 4) is 11.1 Å². The molecule has 0 atom stereocenters. The van der Waals surface area contributed by atoms with Gasteiger partial charge in [0.25, 0.3) is 0 Å². The summed E-state index contributed by atoms with van der Waals surface area (Å²) in [6.45, 7) is 16.7. The summed E-state index contributed by atoms with van der Waals surface area (Å²) in [6, 6.07) is 5.53. The monoisotopic (exact) mass is 641 g/mol. The van der Waals surface area contributed by atoms with Crippen molar-refractivity contribution in [1.29, 1.82) is 0 Å². The topological polar surface area (TPSA) is 102 Å². The summed E-state index contributed by atoms with van der Waals surface area (Å²) < 4.78 is 23.1. The number of hydrogen-bond donors (Lipinski definition) is 0. The molecule has 0 unspecified atom stereocenters. The molecule has 0 bridgehead atoms. The normalized spacial score (nSPS) is 12.3. The van der Waals surface area contributed by atoms with E-state index in [0.29, 0.717) is 40.9 Å². The number of esters is 1. The van der Waals surface area contributed by atoms with Gasteiger partial charge in [-0.3, -0.25) is 14.2 Å². The third-order valence-corrected chi connectivity index (χ3v) is 13.7. The maximum atomic E-state index is 13.2. The molecule has 0 saturated heterocycles. The van der Waals surface area contributed by atoms with Crippen molar-refractivity contribution in [2.45, 2.75) is 78.9 Å². The van der Waals surface area contributed by atoms with Crippen molar-refractivity contribution < 1.29 is 23.5 Å². The summed E-state index contributed by atoms with van der Waals surface area (Å²) in [6.07, 6.45) is 1.50. The molecule has 0 aliphatic carbocycles. The first-order chi connectivity index (χ1) is 20.6. The minimum Gasteiger partial charge on any atom is -0.464 e. The molecule has 0 N–H and O–H groups in total. The molecule has 0 aliphatic heterocycles. The van der Waals surface area contributed by atoms with E-state index in [0.717, 1.165) is 46.0 Å². The number of carbonyl (C=O) groups is 2. The van der Waals surface area contributed by atoms with Crippen LogP contribution in [0.25, 0.3) is 22.0 Å². The standard InChI is InChI=1S/C32H44ClN5O5Si/c1-20-27-26(38(30(20)31(40)41-8)14-11-15-43-44(9,10)32(3,4)5)13-12-24(33)29(27)28-21(2)36(6)35-25(28)19-42-18-22-16-23(17-39)37(7)34-22/h12-13,16-17H,11,14-15,18-19H2,1-10H3.